The highest BCUT2D eigenvalue weighted by Crippen LogP contribution is 2.14. The van der Waals surface area contributed by atoms with Gasteiger partial charge in [0.2, 0.25) is 0 Å². The molecular weight excluding hydrogens is 328 g/mol. The summed E-state index contributed by atoms with van der Waals surface area (Å²) in [6.07, 6.45) is 1.11. The summed E-state index contributed by atoms with van der Waals surface area (Å²) in [6.45, 7) is 2.34. The van der Waals surface area contributed by atoms with Crippen molar-refractivity contribution < 1.29 is 18.0 Å². The van der Waals surface area contributed by atoms with Gasteiger partial charge in [0.05, 0.1) is 4.90 Å². The van der Waals surface area contributed by atoms with Crippen LogP contribution in [0.25, 0.3) is 0 Å². The third-order valence-corrected chi connectivity index (χ3v) is 4.39. The minimum absolute atomic E-state index is 0.150. The Morgan fingerprint density at radius 1 is 0.958 bits per heavy atom. The van der Waals surface area contributed by atoms with Crippen molar-refractivity contribution in [3.63, 3.8) is 0 Å². The highest BCUT2D eigenvalue weighted by Gasteiger charge is 2.11. The Hall–Kier alpha value is -2.67. The van der Waals surface area contributed by atoms with Crippen molar-refractivity contribution in [2.75, 3.05) is 18.1 Å². The molecule has 126 valence electrons. The topological polar surface area (TPSA) is 92.3 Å². The fourth-order valence-corrected chi connectivity index (χ4v) is 2.69. The Morgan fingerprint density at radius 2 is 1.62 bits per heavy atom. The van der Waals surface area contributed by atoms with Gasteiger partial charge in [-0.25, -0.2) is 8.42 Å². The summed E-state index contributed by atoms with van der Waals surface area (Å²) in [6, 6.07) is 12.2. The van der Waals surface area contributed by atoms with Gasteiger partial charge in [-0.1, -0.05) is 6.07 Å². The largest absolute Gasteiger partial charge is 0.352 e. The molecule has 0 aromatic heterocycles. The molecule has 0 spiro atoms. The van der Waals surface area contributed by atoms with Crippen molar-refractivity contribution in [3.8, 4) is 0 Å². The van der Waals surface area contributed by atoms with E-state index in [9.17, 15) is 18.0 Å². The summed E-state index contributed by atoms with van der Waals surface area (Å²) in [5.74, 6) is -0.603. The van der Waals surface area contributed by atoms with Crippen molar-refractivity contribution in [1.29, 1.82) is 0 Å². The van der Waals surface area contributed by atoms with E-state index in [-0.39, 0.29) is 16.7 Å². The van der Waals surface area contributed by atoms with Crippen molar-refractivity contribution >= 4 is 27.3 Å². The number of nitrogens with one attached hydrogen (secondary N) is 2. The number of benzene rings is 2. The molecule has 0 saturated carbocycles. The van der Waals surface area contributed by atoms with Gasteiger partial charge >= 0.3 is 0 Å². The third-order valence-electron chi connectivity index (χ3n) is 3.26. The maximum Gasteiger partial charge on any atom is 0.255 e. The number of rotatable bonds is 5. The zero-order chi connectivity index (χ0) is 17.7. The van der Waals surface area contributed by atoms with Gasteiger partial charge in [0, 0.05) is 29.6 Å². The minimum Gasteiger partial charge on any atom is -0.352 e. The first-order valence-electron chi connectivity index (χ1n) is 7.31. The molecule has 2 N–H and O–H groups in total. The van der Waals surface area contributed by atoms with Crippen LogP contribution in [-0.4, -0.2) is 33.0 Å². The van der Waals surface area contributed by atoms with Crippen LogP contribution in [0.5, 0.6) is 0 Å². The van der Waals surface area contributed by atoms with E-state index in [0.717, 1.165) is 6.26 Å². The average molecular weight is 346 g/mol. The number of sulfone groups is 1. The Labute approximate surface area is 140 Å². The molecule has 0 unspecified atom stereocenters. The molecule has 2 rings (SSSR count). The summed E-state index contributed by atoms with van der Waals surface area (Å²) < 4.78 is 22.8. The van der Waals surface area contributed by atoms with Gasteiger partial charge in [-0.2, -0.15) is 0 Å². The monoisotopic (exact) mass is 346 g/mol. The Balaban J connectivity index is 2.15. The minimum atomic E-state index is -3.30. The second-order valence-corrected chi connectivity index (χ2v) is 7.21. The van der Waals surface area contributed by atoms with Crippen LogP contribution in [0.3, 0.4) is 0 Å². The molecule has 0 radical (unpaired) electrons. The highest BCUT2D eigenvalue weighted by atomic mass is 32.2. The van der Waals surface area contributed by atoms with Gasteiger partial charge in [-0.15, -0.1) is 0 Å². The van der Waals surface area contributed by atoms with E-state index in [1.54, 1.807) is 24.3 Å². The summed E-state index contributed by atoms with van der Waals surface area (Å²) in [7, 11) is -3.30. The average Bonchev–Trinajstić information content (AvgIpc) is 2.54. The van der Waals surface area contributed by atoms with Gasteiger partial charge in [0.1, 0.15) is 0 Å². The van der Waals surface area contributed by atoms with E-state index in [1.807, 2.05) is 6.92 Å². The van der Waals surface area contributed by atoms with E-state index in [2.05, 4.69) is 10.6 Å². The molecule has 0 bridgehead atoms. The normalized spacial score (nSPS) is 10.9. The Morgan fingerprint density at radius 3 is 2.21 bits per heavy atom. The van der Waals surface area contributed by atoms with Gasteiger partial charge in [0.25, 0.3) is 11.8 Å². The quantitative estimate of drug-likeness (QED) is 0.867. The van der Waals surface area contributed by atoms with Crippen molar-refractivity contribution in [2.24, 2.45) is 0 Å². The van der Waals surface area contributed by atoms with Crippen LogP contribution in [0.2, 0.25) is 0 Å². The van der Waals surface area contributed by atoms with Crippen LogP contribution in [0.15, 0.2) is 53.4 Å². The van der Waals surface area contributed by atoms with Crippen LogP contribution in [0.4, 0.5) is 5.69 Å². The molecular formula is C17H18N2O4S. The summed E-state index contributed by atoms with van der Waals surface area (Å²) >= 11 is 0. The third kappa shape index (κ3) is 4.42. The van der Waals surface area contributed by atoms with Crippen LogP contribution < -0.4 is 10.6 Å². The lowest BCUT2D eigenvalue weighted by Crippen LogP contribution is -2.22. The molecule has 0 aliphatic carbocycles. The second kappa shape index (κ2) is 7.27. The first-order chi connectivity index (χ1) is 11.3. The van der Waals surface area contributed by atoms with Crippen molar-refractivity contribution in [2.45, 2.75) is 11.8 Å². The predicted octanol–water partition coefficient (Wildman–Crippen LogP) is 2.09. The summed E-state index contributed by atoms with van der Waals surface area (Å²) in [4.78, 5) is 24.2. The molecule has 0 aliphatic heterocycles. The van der Waals surface area contributed by atoms with Crippen LogP contribution in [0.1, 0.15) is 27.6 Å². The Bertz CT molecular complexity index is 858. The SMILES string of the molecule is CCNC(=O)c1cccc(NC(=O)c2ccc(S(C)(=O)=O)cc2)c1. The highest BCUT2D eigenvalue weighted by molar-refractivity contribution is 7.90. The zero-order valence-electron chi connectivity index (χ0n) is 13.4. The van der Waals surface area contributed by atoms with Crippen LogP contribution in [0, 0.1) is 0 Å². The molecule has 0 heterocycles. The van der Waals surface area contributed by atoms with Gasteiger partial charge in [0.15, 0.2) is 9.84 Å². The molecule has 2 aromatic rings. The standard InChI is InChI=1S/C17H18N2O4S/c1-3-18-16(20)13-5-4-6-14(11-13)19-17(21)12-7-9-15(10-8-12)24(2,22)23/h4-11H,3H2,1-2H3,(H,18,20)(H,19,21). The van der Waals surface area contributed by atoms with Crippen molar-refractivity contribution in [1.82, 2.24) is 5.32 Å². The van der Waals surface area contributed by atoms with Gasteiger partial charge < -0.3 is 10.6 Å². The molecule has 0 saturated heterocycles. The molecule has 0 fully saturated rings. The predicted molar refractivity (Wildman–Crippen MR) is 92.0 cm³/mol. The first kappa shape index (κ1) is 17.7. The lowest BCUT2D eigenvalue weighted by molar-refractivity contribution is 0.0954. The number of anilines is 1. The Kier molecular flexibility index (Phi) is 5.35. The first-order valence-corrected chi connectivity index (χ1v) is 9.20. The molecule has 24 heavy (non-hydrogen) atoms. The summed E-state index contributed by atoms with van der Waals surface area (Å²) in [5, 5.41) is 5.37. The van der Waals surface area contributed by atoms with E-state index >= 15 is 0 Å². The van der Waals surface area contributed by atoms with E-state index in [1.165, 1.54) is 24.3 Å². The van der Waals surface area contributed by atoms with Crippen LogP contribution >= 0.6 is 0 Å². The van der Waals surface area contributed by atoms with E-state index in [0.29, 0.717) is 23.4 Å². The number of hydrogen-bond donors (Lipinski definition) is 2. The fraction of sp³-hybridized carbons (Fsp3) is 0.176. The summed E-state index contributed by atoms with van der Waals surface area (Å²) in [5.41, 5.74) is 1.25. The number of carbonyl (C=O) groups is 2. The molecule has 2 amide bonds. The maximum atomic E-state index is 12.2. The molecule has 2 aromatic carbocycles. The van der Waals surface area contributed by atoms with Gasteiger partial charge in [-0.3, -0.25) is 9.59 Å². The smallest absolute Gasteiger partial charge is 0.255 e. The number of carbonyl (C=O) groups excluding carboxylic acids is 2. The van der Waals surface area contributed by atoms with Gasteiger partial charge in [-0.05, 0) is 49.4 Å². The molecule has 0 atom stereocenters. The van der Waals surface area contributed by atoms with Crippen LogP contribution in [-0.2, 0) is 9.84 Å². The number of hydrogen-bond acceptors (Lipinski definition) is 4. The lowest BCUT2D eigenvalue weighted by atomic mass is 10.1. The fourth-order valence-electron chi connectivity index (χ4n) is 2.06. The zero-order valence-corrected chi connectivity index (χ0v) is 14.2. The molecule has 0 aliphatic rings. The second-order valence-electron chi connectivity index (χ2n) is 5.19. The van der Waals surface area contributed by atoms with E-state index in [4.69, 9.17) is 0 Å². The number of amides is 2. The van der Waals surface area contributed by atoms with Crippen molar-refractivity contribution in [3.05, 3.63) is 59.7 Å². The maximum absolute atomic E-state index is 12.2. The molecule has 7 heteroatoms. The lowest BCUT2D eigenvalue weighted by Gasteiger charge is -2.08. The van der Waals surface area contributed by atoms with E-state index < -0.39 is 9.84 Å². The molecule has 6 nitrogen and oxygen atoms in total.